The molecule has 0 aliphatic rings. The van der Waals surface area contributed by atoms with Gasteiger partial charge in [-0.15, -0.1) is 0 Å². The third-order valence-corrected chi connectivity index (χ3v) is 2.03. The van der Waals surface area contributed by atoms with Crippen LogP contribution < -0.4 is 10.2 Å². The molecule has 0 unspecified atom stereocenters. The van der Waals surface area contributed by atoms with Gasteiger partial charge in [0.05, 0.1) is 6.10 Å². The van der Waals surface area contributed by atoms with Crippen molar-refractivity contribution < 1.29 is 19.2 Å². The van der Waals surface area contributed by atoms with E-state index in [-0.39, 0.29) is 17.1 Å². The lowest BCUT2D eigenvalue weighted by molar-refractivity contribution is 0.243. The first-order valence-electron chi connectivity index (χ1n) is 4.75. The number of ether oxygens (including phenoxy) is 1. The molecule has 0 heterocycles. The van der Waals surface area contributed by atoms with E-state index >= 15 is 0 Å². The Balaban J connectivity index is 3.21. The number of halogens is 1. The van der Waals surface area contributed by atoms with Crippen LogP contribution in [0.15, 0.2) is 12.1 Å². The van der Waals surface area contributed by atoms with Crippen LogP contribution in [0, 0.1) is 12.7 Å². The number of hydrogen-bond donors (Lipinski definition) is 2. The molecule has 1 aromatic rings. The van der Waals surface area contributed by atoms with E-state index in [1.807, 2.05) is 13.8 Å². The van der Waals surface area contributed by atoms with Crippen molar-refractivity contribution in [2.75, 3.05) is 0 Å². The predicted molar refractivity (Wildman–Crippen MR) is 56.7 cm³/mol. The first-order chi connectivity index (χ1) is 6.93. The van der Waals surface area contributed by atoms with Gasteiger partial charge in [0.15, 0.2) is 0 Å². The second-order valence-corrected chi connectivity index (χ2v) is 3.62. The second kappa shape index (κ2) is 4.64. The summed E-state index contributed by atoms with van der Waals surface area (Å²) in [5.41, 5.74) is 0.284. The average Bonchev–Trinajstić information content (AvgIpc) is 2.10. The zero-order valence-corrected chi connectivity index (χ0v) is 8.99. The molecular formula is C10H14BFO3. The molecule has 0 aromatic heterocycles. The van der Waals surface area contributed by atoms with Crippen molar-refractivity contribution in [2.24, 2.45) is 0 Å². The zero-order chi connectivity index (χ0) is 11.6. The highest BCUT2D eigenvalue weighted by Crippen LogP contribution is 2.15. The first kappa shape index (κ1) is 12.0. The summed E-state index contributed by atoms with van der Waals surface area (Å²) < 4.78 is 18.5. The van der Waals surface area contributed by atoms with Crippen LogP contribution in [0.3, 0.4) is 0 Å². The molecule has 15 heavy (non-hydrogen) atoms. The molecule has 0 aliphatic heterocycles. The lowest BCUT2D eigenvalue weighted by atomic mass is 9.76. The van der Waals surface area contributed by atoms with Gasteiger partial charge >= 0.3 is 7.12 Å². The molecule has 0 atom stereocenters. The highest BCUT2D eigenvalue weighted by Gasteiger charge is 2.22. The summed E-state index contributed by atoms with van der Waals surface area (Å²) in [7, 11) is -1.73. The number of rotatable bonds is 3. The molecule has 0 amide bonds. The van der Waals surface area contributed by atoms with Crippen LogP contribution in [0.4, 0.5) is 4.39 Å². The Labute approximate surface area is 88.7 Å². The highest BCUT2D eigenvalue weighted by molar-refractivity contribution is 6.60. The van der Waals surface area contributed by atoms with Gasteiger partial charge in [-0.3, -0.25) is 0 Å². The van der Waals surface area contributed by atoms with Crippen LogP contribution in [0.2, 0.25) is 0 Å². The van der Waals surface area contributed by atoms with Crippen LogP contribution in [0.1, 0.15) is 19.4 Å². The lowest BCUT2D eigenvalue weighted by Crippen LogP contribution is -2.35. The van der Waals surface area contributed by atoms with Gasteiger partial charge in [-0.05, 0) is 38.5 Å². The summed E-state index contributed by atoms with van der Waals surface area (Å²) in [6, 6.07) is 2.65. The van der Waals surface area contributed by atoms with E-state index in [0.29, 0.717) is 5.75 Å². The maximum atomic E-state index is 13.2. The summed E-state index contributed by atoms with van der Waals surface area (Å²) >= 11 is 0. The molecule has 0 spiro atoms. The molecule has 0 radical (unpaired) electrons. The van der Waals surface area contributed by atoms with Crippen molar-refractivity contribution in [3.63, 3.8) is 0 Å². The van der Waals surface area contributed by atoms with E-state index in [9.17, 15) is 4.39 Å². The Morgan fingerprint density at radius 2 is 1.93 bits per heavy atom. The van der Waals surface area contributed by atoms with Crippen molar-refractivity contribution in [1.82, 2.24) is 0 Å². The van der Waals surface area contributed by atoms with Crippen LogP contribution in [0.25, 0.3) is 0 Å². The Kier molecular flexibility index (Phi) is 3.71. The molecule has 5 heteroatoms. The van der Waals surface area contributed by atoms with E-state index in [4.69, 9.17) is 14.8 Å². The van der Waals surface area contributed by atoms with Crippen LogP contribution >= 0.6 is 0 Å². The van der Waals surface area contributed by atoms with Crippen LogP contribution in [0.5, 0.6) is 5.75 Å². The summed E-state index contributed by atoms with van der Waals surface area (Å²) in [6.45, 7) is 5.11. The first-order valence-corrected chi connectivity index (χ1v) is 4.75. The molecular weight excluding hydrogens is 198 g/mol. The maximum Gasteiger partial charge on any atom is 0.492 e. The van der Waals surface area contributed by atoms with E-state index in [0.717, 1.165) is 0 Å². The summed E-state index contributed by atoms with van der Waals surface area (Å²) in [5, 5.41) is 18.3. The topological polar surface area (TPSA) is 49.7 Å². The number of benzene rings is 1. The van der Waals surface area contributed by atoms with Gasteiger partial charge in [0.2, 0.25) is 0 Å². The molecule has 0 saturated heterocycles. The van der Waals surface area contributed by atoms with E-state index in [1.165, 1.54) is 19.1 Å². The van der Waals surface area contributed by atoms with E-state index in [1.54, 1.807) is 0 Å². The van der Waals surface area contributed by atoms with Crippen LogP contribution in [-0.2, 0) is 0 Å². The van der Waals surface area contributed by atoms with Crippen molar-refractivity contribution in [2.45, 2.75) is 26.9 Å². The number of hydrogen-bond acceptors (Lipinski definition) is 3. The zero-order valence-electron chi connectivity index (χ0n) is 8.99. The molecule has 0 bridgehead atoms. The Morgan fingerprint density at radius 3 is 2.40 bits per heavy atom. The fourth-order valence-corrected chi connectivity index (χ4v) is 1.35. The van der Waals surface area contributed by atoms with E-state index in [2.05, 4.69) is 0 Å². The maximum absolute atomic E-state index is 13.2. The standard InChI is InChI=1S/C10H14BFO3/c1-6(2)15-9-5-4-8(12)7(3)10(9)11(13)14/h4-6,13-14H,1-3H3. The van der Waals surface area contributed by atoms with Gasteiger partial charge in [0.1, 0.15) is 11.6 Å². The van der Waals surface area contributed by atoms with Gasteiger partial charge in [0.25, 0.3) is 0 Å². The smallest absolute Gasteiger partial charge is 0.491 e. The monoisotopic (exact) mass is 212 g/mol. The van der Waals surface area contributed by atoms with Gasteiger partial charge in [0, 0.05) is 5.46 Å². The summed E-state index contributed by atoms with van der Waals surface area (Å²) in [4.78, 5) is 0. The van der Waals surface area contributed by atoms with E-state index < -0.39 is 12.9 Å². The molecule has 0 aliphatic carbocycles. The normalized spacial score (nSPS) is 10.6. The van der Waals surface area contributed by atoms with Crippen molar-refractivity contribution in [3.05, 3.63) is 23.5 Å². The van der Waals surface area contributed by atoms with Gasteiger partial charge < -0.3 is 14.8 Å². The Hall–Kier alpha value is -1.07. The SMILES string of the molecule is Cc1c(F)ccc(OC(C)C)c1B(O)O. The van der Waals surface area contributed by atoms with Gasteiger partial charge in [-0.2, -0.15) is 0 Å². The molecule has 1 rings (SSSR count). The van der Waals surface area contributed by atoms with Crippen molar-refractivity contribution >= 4 is 12.6 Å². The molecule has 3 nitrogen and oxygen atoms in total. The Bertz CT molecular complexity index is 353. The molecule has 1 aromatic carbocycles. The third kappa shape index (κ3) is 2.70. The highest BCUT2D eigenvalue weighted by atomic mass is 19.1. The Morgan fingerprint density at radius 1 is 1.33 bits per heavy atom. The van der Waals surface area contributed by atoms with Gasteiger partial charge in [-0.25, -0.2) is 4.39 Å². The quantitative estimate of drug-likeness (QED) is 0.721. The predicted octanol–water partition coefficient (Wildman–Crippen LogP) is 0.601. The average molecular weight is 212 g/mol. The largest absolute Gasteiger partial charge is 0.492 e. The third-order valence-electron chi connectivity index (χ3n) is 2.03. The minimum Gasteiger partial charge on any atom is -0.491 e. The van der Waals surface area contributed by atoms with Gasteiger partial charge in [-0.1, -0.05) is 0 Å². The fraction of sp³-hybridized carbons (Fsp3) is 0.400. The minimum atomic E-state index is -1.73. The molecule has 0 fully saturated rings. The van der Waals surface area contributed by atoms with Crippen LogP contribution in [-0.4, -0.2) is 23.3 Å². The lowest BCUT2D eigenvalue weighted by Gasteiger charge is -2.16. The molecule has 2 N–H and O–H groups in total. The summed E-state index contributed by atoms with van der Waals surface area (Å²) in [6.07, 6.45) is -0.104. The fourth-order valence-electron chi connectivity index (χ4n) is 1.35. The minimum absolute atomic E-state index is 0.0868. The van der Waals surface area contributed by atoms with Crippen molar-refractivity contribution in [1.29, 1.82) is 0 Å². The second-order valence-electron chi connectivity index (χ2n) is 3.62. The molecule has 82 valence electrons. The molecule has 0 saturated carbocycles. The van der Waals surface area contributed by atoms with Crippen molar-refractivity contribution in [3.8, 4) is 5.75 Å². The summed E-state index contributed by atoms with van der Waals surface area (Å²) in [5.74, 6) is -0.173.